The first-order valence-electron chi connectivity index (χ1n) is 4.88. The van der Waals surface area contributed by atoms with Gasteiger partial charge in [-0.05, 0) is 54.8 Å². The maximum Gasteiger partial charge on any atom is 0.209 e. The third kappa shape index (κ3) is 1.41. The first-order valence-corrected chi connectivity index (χ1v) is 5.67. The highest BCUT2D eigenvalue weighted by molar-refractivity contribution is 9.10. The maximum atomic E-state index is 12.1. The number of halogens is 1. The summed E-state index contributed by atoms with van der Waals surface area (Å²) in [6, 6.07) is 2.01. The van der Waals surface area contributed by atoms with Crippen molar-refractivity contribution in [1.29, 1.82) is 0 Å². The predicted octanol–water partition coefficient (Wildman–Crippen LogP) is 3.42. The summed E-state index contributed by atoms with van der Waals surface area (Å²) in [7, 11) is 0. The molecular formula is C12H13BrO2. The van der Waals surface area contributed by atoms with Crippen molar-refractivity contribution >= 4 is 21.7 Å². The SMILES string of the molecule is Cc1cc(C)c2c(c1Br)OC(C)(C)C2=O. The number of hydrogen-bond donors (Lipinski definition) is 0. The molecule has 1 aromatic carbocycles. The molecule has 80 valence electrons. The fourth-order valence-electron chi connectivity index (χ4n) is 1.91. The lowest BCUT2D eigenvalue weighted by Crippen LogP contribution is -2.32. The molecule has 0 unspecified atom stereocenters. The Morgan fingerprint density at radius 3 is 2.47 bits per heavy atom. The van der Waals surface area contributed by atoms with E-state index in [0.29, 0.717) is 5.75 Å². The Labute approximate surface area is 97.8 Å². The van der Waals surface area contributed by atoms with E-state index in [4.69, 9.17) is 4.74 Å². The molecule has 1 heterocycles. The molecule has 0 aliphatic carbocycles. The van der Waals surface area contributed by atoms with Gasteiger partial charge in [0.15, 0.2) is 5.60 Å². The van der Waals surface area contributed by atoms with Crippen LogP contribution in [-0.2, 0) is 0 Å². The summed E-state index contributed by atoms with van der Waals surface area (Å²) in [5.74, 6) is 0.762. The minimum Gasteiger partial charge on any atom is -0.478 e. The van der Waals surface area contributed by atoms with Gasteiger partial charge in [-0.3, -0.25) is 4.79 Å². The molecule has 0 bridgehead atoms. The van der Waals surface area contributed by atoms with E-state index >= 15 is 0 Å². The van der Waals surface area contributed by atoms with Gasteiger partial charge in [-0.25, -0.2) is 0 Å². The van der Waals surface area contributed by atoms with Crippen molar-refractivity contribution < 1.29 is 9.53 Å². The smallest absolute Gasteiger partial charge is 0.209 e. The second kappa shape index (κ2) is 3.08. The lowest BCUT2D eigenvalue weighted by atomic mass is 9.95. The molecule has 0 radical (unpaired) electrons. The van der Waals surface area contributed by atoms with Crippen molar-refractivity contribution in [3.05, 3.63) is 27.2 Å². The van der Waals surface area contributed by atoms with E-state index in [1.165, 1.54) is 0 Å². The van der Waals surface area contributed by atoms with Gasteiger partial charge in [-0.1, -0.05) is 6.07 Å². The molecule has 0 amide bonds. The molecule has 0 aromatic heterocycles. The summed E-state index contributed by atoms with van der Waals surface area (Å²) in [4.78, 5) is 12.1. The topological polar surface area (TPSA) is 26.3 Å². The highest BCUT2D eigenvalue weighted by atomic mass is 79.9. The third-order valence-electron chi connectivity index (χ3n) is 2.73. The molecule has 15 heavy (non-hydrogen) atoms. The summed E-state index contributed by atoms with van der Waals surface area (Å²) in [5.41, 5.74) is 2.07. The van der Waals surface area contributed by atoms with Gasteiger partial charge in [0.2, 0.25) is 5.78 Å². The normalized spacial score (nSPS) is 17.5. The molecule has 0 fully saturated rings. The quantitative estimate of drug-likeness (QED) is 0.721. The summed E-state index contributed by atoms with van der Waals surface area (Å²) < 4.78 is 6.59. The molecule has 0 spiro atoms. The molecule has 1 aliphatic heterocycles. The second-order valence-electron chi connectivity index (χ2n) is 4.47. The highest BCUT2D eigenvalue weighted by Crippen LogP contribution is 2.43. The molecule has 0 saturated carbocycles. The van der Waals surface area contributed by atoms with Crippen LogP contribution < -0.4 is 4.74 Å². The van der Waals surface area contributed by atoms with Crippen LogP contribution in [0.4, 0.5) is 0 Å². The standard InChI is InChI=1S/C12H13BrO2/c1-6-5-7(2)9(13)10-8(6)11(14)12(3,4)15-10/h5H,1-4H3. The highest BCUT2D eigenvalue weighted by Gasteiger charge is 2.42. The number of carbonyl (C=O) groups is 1. The van der Waals surface area contributed by atoms with Crippen LogP contribution in [0.2, 0.25) is 0 Å². The fourth-order valence-corrected chi connectivity index (χ4v) is 2.30. The van der Waals surface area contributed by atoms with Crippen LogP contribution in [0.3, 0.4) is 0 Å². The first kappa shape index (κ1) is 10.7. The van der Waals surface area contributed by atoms with Crippen LogP contribution in [0.25, 0.3) is 0 Å². The molecular weight excluding hydrogens is 256 g/mol. The van der Waals surface area contributed by atoms with Crippen molar-refractivity contribution in [3.8, 4) is 5.75 Å². The number of benzene rings is 1. The number of hydrogen-bond acceptors (Lipinski definition) is 2. The Morgan fingerprint density at radius 1 is 1.27 bits per heavy atom. The minimum atomic E-state index is -0.733. The number of fused-ring (bicyclic) bond motifs is 1. The van der Waals surface area contributed by atoms with Crippen molar-refractivity contribution in [2.45, 2.75) is 33.3 Å². The van der Waals surface area contributed by atoms with Crippen molar-refractivity contribution in [3.63, 3.8) is 0 Å². The lowest BCUT2D eigenvalue weighted by Gasteiger charge is -2.15. The van der Waals surface area contributed by atoms with E-state index in [1.807, 2.05) is 19.9 Å². The predicted molar refractivity (Wildman–Crippen MR) is 62.7 cm³/mol. The first-order chi connectivity index (χ1) is 6.84. The van der Waals surface area contributed by atoms with Crippen LogP contribution in [-0.4, -0.2) is 11.4 Å². The monoisotopic (exact) mass is 268 g/mol. The molecule has 0 saturated heterocycles. The zero-order valence-corrected chi connectivity index (χ0v) is 10.9. The van der Waals surface area contributed by atoms with Gasteiger partial charge in [-0.15, -0.1) is 0 Å². The van der Waals surface area contributed by atoms with Gasteiger partial charge < -0.3 is 4.74 Å². The van der Waals surface area contributed by atoms with Gasteiger partial charge >= 0.3 is 0 Å². The Balaban J connectivity index is 2.74. The molecule has 0 atom stereocenters. The van der Waals surface area contributed by atoms with Gasteiger partial charge in [0.05, 0.1) is 10.0 Å². The van der Waals surface area contributed by atoms with E-state index in [0.717, 1.165) is 21.2 Å². The van der Waals surface area contributed by atoms with Crippen LogP contribution in [0.5, 0.6) is 5.75 Å². The minimum absolute atomic E-state index is 0.0655. The molecule has 1 aliphatic rings. The van der Waals surface area contributed by atoms with Gasteiger partial charge in [-0.2, -0.15) is 0 Å². The second-order valence-corrected chi connectivity index (χ2v) is 5.26. The number of Topliss-reactive ketones (excluding diaryl/α,β-unsaturated/α-hetero) is 1. The number of ether oxygens (including phenoxy) is 1. The lowest BCUT2D eigenvalue weighted by molar-refractivity contribution is 0.0682. The van der Waals surface area contributed by atoms with E-state index in [1.54, 1.807) is 13.8 Å². The van der Waals surface area contributed by atoms with Gasteiger partial charge in [0.25, 0.3) is 0 Å². The number of ketones is 1. The average molecular weight is 269 g/mol. The van der Waals surface area contributed by atoms with Crippen molar-refractivity contribution in [2.24, 2.45) is 0 Å². The average Bonchev–Trinajstić information content (AvgIpc) is 2.35. The van der Waals surface area contributed by atoms with Crippen LogP contribution in [0, 0.1) is 13.8 Å². The largest absolute Gasteiger partial charge is 0.478 e. The number of carbonyl (C=O) groups excluding carboxylic acids is 1. The Morgan fingerprint density at radius 2 is 1.87 bits per heavy atom. The maximum absolute atomic E-state index is 12.1. The Kier molecular flexibility index (Phi) is 2.19. The zero-order chi connectivity index (χ0) is 11.4. The summed E-state index contributed by atoms with van der Waals surface area (Å²) in [6.45, 7) is 7.55. The number of aryl methyl sites for hydroxylation is 2. The molecule has 0 N–H and O–H groups in total. The van der Waals surface area contributed by atoms with Crippen LogP contribution in [0.1, 0.15) is 35.3 Å². The summed E-state index contributed by atoms with van der Waals surface area (Å²) in [6.07, 6.45) is 0. The van der Waals surface area contributed by atoms with Gasteiger partial charge in [0.1, 0.15) is 5.75 Å². The van der Waals surface area contributed by atoms with Crippen LogP contribution in [0.15, 0.2) is 10.5 Å². The fraction of sp³-hybridized carbons (Fsp3) is 0.417. The van der Waals surface area contributed by atoms with E-state index in [9.17, 15) is 4.79 Å². The molecule has 3 heteroatoms. The summed E-state index contributed by atoms with van der Waals surface area (Å²) in [5, 5.41) is 0. The number of rotatable bonds is 0. The Bertz CT molecular complexity index is 461. The molecule has 1 aromatic rings. The van der Waals surface area contributed by atoms with E-state index in [2.05, 4.69) is 15.9 Å². The summed E-state index contributed by atoms with van der Waals surface area (Å²) >= 11 is 3.47. The van der Waals surface area contributed by atoms with Gasteiger partial charge in [0, 0.05) is 0 Å². The third-order valence-corrected chi connectivity index (χ3v) is 3.72. The van der Waals surface area contributed by atoms with Crippen molar-refractivity contribution in [1.82, 2.24) is 0 Å². The van der Waals surface area contributed by atoms with Crippen LogP contribution >= 0.6 is 15.9 Å². The molecule has 2 rings (SSSR count). The molecule has 2 nitrogen and oxygen atoms in total. The van der Waals surface area contributed by atoms with Crippen molar-refractivity contribution in [2.75, 3.05) is 0 Å². The van der Waals surface area contributed by atoms with E-state index in [-0.39, 0.29) is 5.78 Å². The zero-order valence-electron chi connectivity index (χ0n) is 9.27. The Hall–Kier alpha value is -0.830. The van der Waals surface area contributed by atoms with E-state index < -0.39 is 5.60 Å².